The Morgan fingerprint density at radius 3 is 3.07 bits per heavy atom. The van der Waals surface area contributed by atoms with Gasteiger partial charge in [0, 0.05) is 6.42 Å². The standard InChI is InChI=1S/C9H16N4OS/c10-4-2-1-3-5-15-9-12-7(11)6-8(14)13-9/h7,9,12H,1-3,5-6,11H2,(H,13,14). The summed E-state index contributed by atoms with van der Waals surface area (Å²) >= 11 is 1.62. The van der Waals surface area contributed by atoms with Gasteiger partial charge >= 0.3 is 0 Å². The van der Waals surface area contributed by atoms with E-state index in [1.807, 2.05) is 0 Å². The minimum atomic E-state index is -0.240. The van der Waals surface area contributed by atoms with Crippen molar-refractivity contribution in [3.63, 3.8) is 0 Å². The molecule has 0 radical (unpaired) electrons. The SMILES string of the molecule is N#CCCCCSC1NC(=O)CC(N)N1. The lowest BCUT2D eigenvalue weighted by atomic mass is 10.3. The van der Waals surface area contributed by atoms with Gasteiger partial charge in [-0.3, -0.25) is 10.1 Å². The summed E-state index contributed by atoms with van der Waals surface area (Å²) in [5.74, 6) is 0.919. The Kier molecular flexibility index (Phi) is 5.47. The van der Waals surface area contributed by atoms with Gasteiger partial charge in [0.05, 0.1) is 18.7 Å². The van der Waals surface area contributed by atoms with Crippen LogP contribution >= 0.6 is 11.8 Å². The highest BCUT2D eigenvalue weighted by atomic mass is 32.2. The lowest BCUT2D eigenvalue weighted by Crippen LogP contribution is -2.58. The number of carbonyl (C=O) groups excluding carboxylic acids is 1. The van der Waals surface area contributed by atoms with E-state index in [-0.39, 0.29) is 17.6 Å². The van der Waals surface area contributed by atoms with Crippen molar-refractivity contribution in [2.24, 2.45) is 5.73 Å². The van der Waals surface area contributed by atoms with E-state index in [4.69, 9.17) is 11.0 Å². The van der Waals surface area contributed by atoms with Crippen LogP contribution < -0.4 is 16.4 Å². The first-order valence-corrected chi connectivity index (χ1v) is 6.07. The second-order valence-electron chi connectivity index (χ2n) is 3.41. The molecule has 2 atom stereocenters. The predicted molar refractivity (Wildman–Crippen MR) is 59.6 cm³/mol. The van der Waals surface area contributed by atoms with Gasteiger partial charge < -0.3 is 11.1 Å². The quantitative estimate of drug-likeness (QED) is 0.580. The average Bonchev–Trinajstić information content (AvgIpc) is 2.16. The number of nitrogens with two attached hydrogens (primary N) is 1. The zero-order valence-corrected chi connectivity index (χ0v) is 9.35. The maximum atomic E-state index is 11.1. The molecule has 15 heavy (non-hydrogen) atoms. The molecule has 1 fully saturated rings. The maximum Gasteiger partial charge on any atom is 0.224 e. The largest absolute Gasteiger partial charge is 0.332 e. The summed E-state index contributed by atoms with van der Waals surface area (Å²) in [5, 5.41) is 14.2. The molecule has 1 aliphatic heterocycles. The number of thioether (sulfide) groups is 1. The number of unbranched alkanes of at least 4 members (excludes halogenated alkanes) is 2. The number of nitrogens with one attached hydrogen (secondary N) is 2. The van der Waals surface area contributed by atoms with Crippen molar-refractivity contribution in [3.05, 3.63) is 0 Å². The van der Waals surface area contributed by atoms with Crippen molar-refractivity contribution in [3.8, 4) is 6.07 Å². The van der Waals surface area contributed by atoms with Gasteiger partial charge in [0.2, 0.25) is 5.91 Å². The van der Waals surface area contributed by atoms with Crippen molar-refractivity contribution >= 4 is 17.7 Å². The van der Waals surface area contributed by atoms with Crippen molar-refractivity contribution in [2.75, 3.05) is 5.75 Å². The number of nitrogens with zero attached hydrogens (tertiary/aromatic N) is 1. The molecule has 0 bridgehead atoms. The molecule has 0 aliphatic carbocycles. The first kappa shape index (κ1) is 12.3. The van der Waals surface area contributed by atoms with Crippen LogP contribution in [0.25, 0.3) is 0 Å². The Morgan fingerprint density at radius 2 is 2.40 bits per heavy atom. The van der Waals surface area contributed by atoms with E-state index < -0.39 is 0 Å². The van der Waals surface area contributed by atoms with Crippen molar-refractivity contribution in [1.29, 1.82) is 5.26 Å². The molecule has 0 aromatic carbocycles. The van der Waals surface area contributed by atoms with Crippen LogP contribution in [0.3, 0.4) is 0 Å². The van der Waals surface area contributed by atoms with E-state index in [2.05, 4.69) is 16.7 Å². The van der Waals surface area contributed by atoms with Gasteiger partial charge in [-0.1, -0.05) is 0 Å². The van der Waals surface area contributed by atoms with E-state index in [9.17, 15) is 4.79 Å². The molecule has 0 aromatic rings. The predicted octanol–water partition coefficient (Wildman–Crippen LogP) is 0.0914. The Labute approximate surface area is 93.8 Å². The van der Waals surface area contributed by atoms with Gasteiger partial charge in [-0.15, -0.1) is 11.8 Å². The normalized spacial score (nSPS) is 25.7. The zero-order chi connectivity index (χ0) is 11.1. The van der Waals surface area contributed by atoms with Crippen LogP contribution in [0, 0.1) is 11.3 Å². The lowest BCUT2D eigenvalue weighted by molar-refractivity contribution is -0.123. The van der Waals surface area contributed by atoms with Crippen LogP contribution in [0.1, 0.15) is 25.7 Å². The molecule has 5 nitrogen and oxygen atoms in total. The van der Waals surface area contributed by atoms with Crippen molar-refractivity contribution < 1.29 is 4.79 Å². The number of amides is 1. The second kappa shape index (κ2) is 6.67. The van der Waals surface area contributed by atoms with Crippen molar-refractivity contribution in [1.82, 2.24) is 10.6 Å². The first-order chi connectivity index (χ1) is 7.22. The van der Waals surface area contributed by atoms with Gasteiger partial charge in [0.15, 0.2) is 0 Å². The highest BCUT2D eigenvalue weighted by molar-refractivity contribution is 7.99. The van der Waals surface area contributed by atoms with E-state index in [0.717, 1.165) is 18.6 Å². The van der Waals surface area contributed by atoms with E-state index >= 15 is 0 Å². The van der Waals surface area contributed by atoms with Crippen LogP contribution in [0.5, 0.6) is 0 Å². The van der Waals surface area contributed by atoms with Crippen LogP contribution in [0.15, 0.2) is 0 Å². The van der Waals surface area contributed by atoms with E-state index in [1.165, 1.54) is 0 Å². The molecule has 1 heterocycles. The molecule has 1 aliphatic rings. The summed E-state index contributed by atoms with van der Waals surface area (Å²) in [5.41, 5.74) is 5.56. The van der Waals surface area contributed by atoms with Gasteiger partial charge in [0.25, 0.3) is 0 Å². The van der Waals surface area contributed by atoms with E-state index in [1.54, 1.807) is 11.8 Å². The molecule has 84 valence electrons. The molecule has 0 aromatic heterocycles. The number of carbonyl (C=O) groups is 1. The monoisotopic (exact) mass is 228 g/mol. The molecule has 1 amide bonds. The molecule has 1 rings (SSSR count). The van der Waals surface area contributed by atoms with Crippen LogP contribution in [0.2, 0.25) is 0 Å². The molecule has 0 spiro atoms. The highest BCUT2D eigenvalue weighted by Crippen LogP contribution is 2.12. The summed E-state index contributed by atoms with van der Waals surface area (Å²) in [6, 6.07) is 2.11. The Morgan fingerprint density at radius 1 is 1.60 bits per heavy atom. The fourth-order valence-corrected chi connectivity index (χ4v) is 2.39. The Balaban J connectivity index is 2.10. The fraction of sp³-hybridized carbons (Fsp3) is 0.778. The topological polar surface area (TPSA) is 90.9 Å². The summed E-state index contributed by atoms with van der Waals surface area (Å²) in [7, 11) is 0. The lowest BCUT2D eigenvalue weighted by Gasteiger charge is -2.28. The minimum absolute atomic E-state index is 0.00391. The first-order valence-electron chi connectivity index (χ1n) is 5.02. The minimum Gasteiger partial charge on any atom is -0.332 e. The third-order valence-electron chi connectivity index (χ3n) is 2.03. The summed E-state index contributed by atoms with van der Waals surface area (Å²) in [6.07, 6.45) is 2.60. The van der Waals surface area contributed by atoms with Gasteiger partial charge in [-0.2, -0.15) is 5.26 Å². The summed E-state index contributed by atoms with van der Waals surface area (Å²) < 4.78 is 0. The third kappa shape index (κ3) is 5.02. The number of rotatable bonds is 5. The van der Waals surface area contributed by atoms with Crippen LogP contribution in [-0.4, -0.2) is 23.3 Å². The second-order valence-corrected chi connectivity index (χ2v) is 4.62. The number of nitriles is 1. The van der Waals surface area contributed by atoms with Gasteiger partial charge in [-0.05, 0) is 18.6 Å². The van der Waals surface area contributed by atoms with E-state index in [0.29, 0.717) is 12.8 Å². The summed E-state index contributed by atoms with van der Waals surface area (Å²) in [6.45, 7) is 0. The van der Waals surface area contributed by atoms with Crippen LogP contribution in [0.4, 0.5) is 0 Å². The maximum absolute atomic E-state index is 11.1. The molecular weight excluding hydrogens is 212 g/mol. The molecule has 6 heteroatoms. The molecule has 1 saturated heterocycles. The third-order valence-corrected chi connectivity index (χ3v) is 3.14. The summed E-state index contributed by atoms with van der Waals surface area (Å²) in [4.78, 5) is 11.1. The molecule has 4 N–H and O–H groups in total. The zero-order valence-electron chi connectivity index (χ0n) is 8.53. The smallest absolute Gasteiger partial charge is 0.224 e. The fourth-order valence-electron chi connectivity index (χ4n) is 1.30. The van der Waals surface area contributed by atoms with Gasteiger partial charge in [-0.25, -0.2) is 0 Å². The van der Waals surface area contributed by atoms with Crippen LogP contribution in [-0.2, 0) is 4.79 Å². The Bertz CT molecular complexity index is 253. The highest BCUT2D eigenvalue weighted by Gasteiger charge is 2.22. The molecule has 2 unspecified atom stereocenters. The average molecular weight is 228 g/mol. The number of hydrogen-bond donors (Lipinski definition) is 3. The van der Waals surface area contributed by atoms with Gasteiger partial charge in [0.1, 0.15) is 5.50 Å². The molecular formula is C9H16N4OS. The van der Waals surface area contributed by atoms with Crippen molar-refractivity contribution in [2.45, 2.75) is 37.3 Å². The number of hydrogen-bond acceptors (Lipinski definition) is 5. The molecule has 0 saturated carbocycles. The Hall–Kier alpha value is -0.770.